The van der Waals surface area contributed by atoms with E-state index in [1.165, 1.54) is 18.3 Å². The minimum absolute atomic E-state index is 0.182. The number of rotatable bonds is 5. The van der Waals surface area contributed by atoms with Crippen molar-refractivity contribution in [1.82, 2.24) is 25.3 Å². The van der Waals surface area contributed by atoms with E-state index in [-0.39, 0.29) is 17.6 Å². The number of pyridine rings is 1. The van der Waals surface area contributed by atoms with Crippen molar-refractivity contribution in [2.24, 2.45) is 0 Å². The number of aromatic nitrogens is 4. The van der Waals surface area contributed by atoms with Crippen molar-refractivity contribution in [3.05, 3.63) is 29.7 Å². The van der Waals surface area contributed by atoms with Crippen molar-refractivity contribution < 1.29 is 22.7 Å². The second-order valence-corrected chi connectivity index (χ2v) is 6.19. The number of carbonyl (C=O) groups excluding carboxylic acids is 1. The maximum Gasteiger partial charge on any atom is 0.422 e. The average molecular weight is 384 g/mol. The Morgan fingerprint density at radius 1 is 1.37 bits per heavy atom. The summed E-state index contributed by atoms with van der Waals surface area (Å²) in [6.45, 7) is 2.13. The Balaban J connectivity index is 1.62. The maximum atomic E-state index is 12.4. The first-order valence-electron chi connectivity index (χ1n) is 8.43. The molecule has 3 rings (SSSR count). The number of nitrogens with zero attached hydrogens (tertiary/aromatic N) is 4. The van der Waals surface area contributed by atoms with Gasteiger partial charge in [-0.15, -0.1) is 5.10 Å². The number of piperidine rings is 1. The van der Waals surface area contributed by atoms with Gasteiger partial charge in [0.05, 0.1) is 23.6 Å². The molecule has 0 bridgehead atoms. The molecule has 2 N–H and O–H groups in total. The predicted molar refractivity (Wildman–Crippen MR) is 89.6 cm³/mol. The van der Waals surface area contributed by atoms with Gasteiger partial charge in [-0.3, -0.25) is 4.79 Å². The van der Waals surface area contributed by atoms with Crippen LogP contribution in [0.25, 0.3) is 0 Å². The Hall–Kier alpha value is -2.69. The molecule has 2 aromatic heterocycles. The largest absolute Gasteiger partial charge is 0.468 e. The van der Waals surface area contributed by atoms with Crippen LogP contribution < -0.4 is 15.4 Å². The zero-order valence-electron chi connectivity index (χ0n) is 14.6. The van der Waals surface area contributed by atoms with Gasteiger partial charge in [0.15, 0.2) is 12.3 Å². The van der Waals surface area contributed by atoms with Gasteiger partial charge in [-0.2, -0.15) is 13.2 Å². The number of alkyl halides is 3. The number of carbonyl (C=O) groups is 1. The second-order valence-electron chi connectivity index (χ2n) is 6.19. The Labute approximate surface area is 153 Å². The molecule has 8 nitrogen and oxygen atoms in total. The molecule has 1 saturated heterocycles. The van der Waals surface area contributed by atoms with Crippen molar-refractivity contribution in [3.8, 4) is 5.88 Å². The summed E-state index contributed by atoms with van der Waals surface area (Å²) in [5.41, 5.74) is 1.18. The first kappa shape index (κ1) is 19.1. The Kier molecular flexibility index (Phi) is 5.59. The molecule has 1 fully saturated rings. The van der Waals surface area contributed by atoms with E-state index < -0.39 is 18.7 Å². The van der Waals surface area contributed by atoms with E-state index in [0.717, 1.165) is 25.9 Å². The fourth-order valence-electron chi connectivity index (χ4n) is 2.83. The first-order chi connectivity index (χ1) is 12.8. The van der Waals surface area contributed by atoms with Crippen LogP contribution in [0.15, 0.2) is 18.3 Å². The Bertz CT molecular complexity index is 784. The third-order valence-electron chi connectivity index (χ3n) is 4.17. The summed E-state index contributed by atoms with van der Waals surface area (Å²) < 4.78 is 42.7. The van der Waals surface area contributed by atoms with Crippen LogP contribution in [0.3, 0.4) is 0 Å². The van der Waals surface area contributed by atoms with Crippen molar-refractivity contribution in [3.63, 3.8) is 0 Å². The number of hydrogen-bond donors (Lipinski definition) is 2. The van der Waals surface area contributed by atoms with Crippen LogP contribution in [0.2, 0.25) is 0 Å². The molecule has 0 aliphatic carbocycles. The average Bonchev–Trinajstić information content (AvgIpc) is 3.03. The molecule has 0 aromatic carbocycles. The monoisotopic (exact) mass is 384 g/mol. The van der Waals surface area contributed by atoms with Crippen molar-refractivity contribution in [1.29, 1.82) is 0 Å². The van der Waals surface area contributed by atoms with Gasteiger partial charge in [-0.25, -0.2) is 9.67 Å². The SMILES string of the molecule is Cc1c(C(=O)Nc2ccc(OCC(F)(F)F)nc2)nnn1C1CCNCC1. The van der Waals surface area contributed by atoms with E-state index >= 15 is 0 Å². The number of anilines is 1. The second kappa shape index (κ2) is 7.91. The molecule has 27 heavy (non-hydrogen) atoms. The minimum Gasteiger partial charge on any atom is -0.468 e. The summed E-state index contributed by atoms with van der Waals surface area (Å²) in [7, 11) is 0. The molecule has 0 spiro atoms. The molecular formula is C16H19F3N6O2. The summed E-state index contributed by atoms with van der Waals surface area (Å²) >= 11 is 0. The van der Waals surface area contributed by atoms with Gasteiger partial charge < -0.3 is 15.4 Å². The highest BCUT2D eigenvalue weighted by molar-refractivity contribution is 6.03. The molecule has 1 aliphatic heterocycles. The van der Waals surface area contributed by atoms with Gasteiger partial charge in [-0.1, -0.05) is 5.21 Å². The van der Waals surface area contributed by atoms with E-state index in [4.69, 9.17) is 0 Å². The zero-order chi connectivity index (χ0) is 19.4. The van der Waals surface area contributed by atoms with Crippen LogP contribution in [0, 0.1) is 6.92 Å². The number of hydrogen-bond acceptors (Lipinski definition) is 6. The summed E-state index contributed by atoms with van der Waals surface area (Å²) in [4.78, 5) is 16.2. The van der Waals surface area contributed by atoms with Crippen molar-refractivity contribution in [2.45, 2.75) is 32.0 Å². The third kappa shape index (κ3) is 4.94. The maximum absolute atomic E-state index is 12.4. The number of halogens is 3. The third-order valence-corrected chi connectivity index (χ3v) is 4.17. The number of amides is 1. The highest BCUT2D eigenvalue weighted by Crippen LogP contribution is 2.21. The summed E-state index contributed by atoms with van der Waals surface area (Å²) in [5, 5.41) is 13.9. The fraction of sp³-hybridized carbons (Fsp3) is 0.500. The van der Waals surface area contributed by atoms with Crippen LogP contribution in [-0.4, -0.2) is 51.8 Å². The molecule has 3 heterocycles. The van der Waals surface area contributed by atoms with E-state index in [2.05, 4.69) is 30.7 Å². The summed E-state index contributed by atoms with van der Waals surface area (Å²) in [6.07, 6.45) is -1.40. The quantitative estimate of drug-likeness (QED) is 0.820. The normalized spacial score (nSPS) is 15.6. The van der Waals surface area contributed by atoms with Gasteiger partial charge >= 0.3 is 6.18 Å². The molecule has 1 aliphatic rings. The smallest absolute Gasteiger partial charge is 0.422 e. The molecule has 0 saturated carbocycles. The van der Waals surface area contributed by atoms with Crippen LogP contribution in [0.4, 0.5) is 18.9 Å². The Morgan fingerprint density at radius 3 is 2.74 bits per heavy atom. The molecule has 0 atom stereocenters. The van der Waals surface area contributed by atoms with Gasteiger partial charge in [0.1, 0.15) is 0 Å². The predicted octanol–water partition coefficient (Wildman–Crippen LogP) is 2.10. The van der Waals surface area contributed by atoms with E-state index in [1.807, 2.05) is 0 Å². The van der Waals surface area contributed by atoms with Crippen LogP contribution >= 0.6 is 0 Å². The van der Waals surface area contributed by atoms with Crippen LogP contribution in [-0.2, 0) is 0 Å². The van der Waals surface area contributed by atoms with E-state index in [0.29, 0.717) is 11.4 Å². The fourth-order valence-corrected chi connectivity index (χ4v) is 2.83. The lowest BCUT2D eigenvalue weighted by molar-refractivity contribution is -0.154. The van der Waals surface area contributed by atoms with Crippen molar-refractivity contribution in [2.75, 3.05) is 25.0 Å². The highest BCUT2D eigenvalue weighted by atomic mass is 19.4. The minimum atomic E-state index is -4.44. The van der Waals surface area contributed by atoms with Gasteiger partial charge in [0.25, 0.3) is 5.91 Å². The molecular weight excluding hydrogens is 365 g/mol. The van der Waals surface area contributed by atoms with Crippen LogP contribution in [0.5, 0.6) is 5.88 Å². The van der Waals surface area contributed by atoms with Gasteiger partial charge in [0, 0.05) is 6.07 Å². The highest BCUT2D eigenvalue weighted by Gasteiger charge is 2.28. The van der Waals surface area contributed by atoms with E-state index in [9.17, 15) is 18.0 Å². The van der Waals surface area contributed by atoms with Gasteiger partial charge in [-0.05, 0) is 38.9 Å². The lowest BCUT2D eigenvalue weighted by Crippen LogP contribution is -2.30. The van der Waals surface area contributed by atoms with Crippen molar-refractivity contribution >= 4 is 11.6 Å². The molecule has 2 aromatic rings. The summed E-state index contributed by atoms with van der Waals surface area (Å²) in [6, 6.07) is 2.86. The first-order valence-corrected chi connectivity index (χ1v) is 8.43. The lowest BCUT2D eigenvalue weighted by Gasteiger charge is -2.23. The number of nitrogens with one attached hydrogen (secondary N) is 2. The summed E-state index contributed by atoms with van der Waals surface area (Å²) in [5.74, 6) is -0.642. The molecule has 146 valence electrons. The molecule has 0 unspecified atom stereocenters. The zero-order valence-corrected chi connectivity index (χ0v) is 14.6. The lowest BCUT2D eigenvalue weighted by atomic mass is 10.1. The van der Waals surface area contributed by atoms with Crippen LogP contribution in [0.1, 0.15) is 35.1 Å². The Morgan fingerprint density at radius 2 is 2.11 bits per heavy atom. The molecule has 0 radical (unpaired) electrons. The topological polar surface area (TPSA) is 94.0 Å². The standard InChI is InChI=1S/C16H19F3N6O2/c1-10-14(23-24-25(10)12-4-6-20-7-5-12)15(26)22-11-2-3-13(21-8-11)27-9-16(17,18)19/h2-3,8,12,20H,4-7,9H2,1H3,(H,22,26). The molecule has 11 heteroatoms. The number of ether oxygens (including phenoxy) is 1. The van der Waals surface area contributed by atoms with Gasteiger partial charge in [0.2, 0.25) is 5.88 Å². The van der Waals surface area contributed by atoms with E-state index in [1.54, 1.807) is 11.6 Å². The molecule has 1 amide bonds.